The van der Waals surface area contributed by atoms with Gasteiger partial charge in [0.15, 0.2) is 5.84 Å². The molecule has 0 bridgehead atoms. The normalized spacial score (nSPS) is 12.6. The van der Waals surface area contributed by atoms with E-state index in [1.807, 2.05) is 0 Å². The molecule has 0 amide bonds. The van der Waals surface area contributed by atoms with Crippen LogP contribution in [0.1, 0.15) is 23.2 Å². The van der Waals surface area contributed by atoms with E-state index in [9.17, 15) is 13.2 Å². The molecule has 0 saturated carbocycles. The van der Waals surface area contributed by atoms with E-state index >= 15 is 0 Å². The number of alkyl halides is 3. The number of hydrogen-bond donors (Lipinski definition) is 2. The molecule has 0 unspecified atom stereocenters. The van der Waals surface area contributed by atoms with Crippen LogP contribution in [0.5, 0.6) is 5.88 Å². The van der Waals surface area contributed by atoms with E-state index in [-0.39, 0.29) is 17.3 Å². The van der Waals surface area contributed by atoms with Gasteiger partial charge >= 0.3 is 6.18 Å². The molecule has 19 heavy (non-hydrogen) atoms. The molecule has 0 aliphatic rings. The zero-order valence-electron chi connectivity index (χ0n) is 10.3. The third-order valence-electron chi connectivity index (χ3n) is 2.41. The predicted octanol–water partition coefficient (Wildman–Crippen LogP) is 1.52. The predicted molar refractivity (Wildman–Crippen MR) is 60.2 cm³/mol. The number of ether oxygens (including phenoxy) is 1. The van der Waals surface area contributed by atoms with Gasteiger partial charge in [-0.1, -0.05) is 5.16 Å². The summed E-state index contributed by atoms with van der Waals surface area (Å²) in [6.45, 7) is 2.64. The Morgan fingerprint density at radius 2 is 2.00 bits per heavy atom. The van der Waals surface area contributed by atoms with Crippen molar-refractivity contribution in [1.82, 2.24) is 10.2 Å². The third kappa shape index (κ3) is 3.97. The molecule has 9 heteroatoms. The third-order valence-corrected chi connectivity index (χ3v) is 2.41. The van der Waals surface area contributed by atoms with Crippen molar-refractivity contribution in [3.63, 3.8) is 0 Å². The fraction of sp³-hybridized carbons (Fsp3) is 0.500. The molecule has 0 radical (unpaired) electrons. The van der Waals surface area contributed by atoms with Gasteiger partial charge in [0.2, 0.25) is 5.88 Å². The molecular formula is C10H13F3N4O2. The number of aromatic nitrogens is 2. The fourth-order valence-corrected chi connectivity index (χ4v) is 1.30. The second-order valence-corrected chi connectivity index (χ2v) is 3.79. The Hall–Kier alpha value is -2.06. The van der Waals surface area contributed by atoms with E-state index in [0.29, 0.717) is 11.3 Å². The summed E-state index contributed by atoms with van der Waals surface area (Å²) < 4.78 is 41.0. The zero-order valence-corrected chi connectivity index (χ0v) is 10.3. The highest BCUT2D eigenvalue weighted by molar-refractivity contribution is 6.00. The first-order valence-electron chi connectivity index (χ1n) is 5.27. The average Bonchev–Trinajstić information content (AvgIpc) is 2.31. The number of oxime groups is 1. The second kappa shape index (κ2) is 5.72. The summed E-state index contributed by atoms with van der Waals surface area (Å²) in [5, 5.41) is 18.8. The molecule has 1 heterocycles. The standard InChI is InChI=1S/C10H13F3N4O2/c1-5-6(2)15-16-9(7(5)8(14)17-18)19-4-3-10(11,12)13/h18H,3-4H2,1-2H3,(H2,14,17). The summed E-state index contributed by atoms with van der Waals surface area (Å²) in [4.78, 5) is 0. The first kappa shape index (κ1) is 15.0. The Balaban J connectivity index is 2.98. The van der Waals surface area contributed by atoms with Crippen molar-refractivity contribution in [2.75, 3.05) is 6.61 Å². The zero-order chi connectivity index (χ0) is 14.6. The van der Waals surface area contributed by atoms with Crippen molar-refractivity contribution >= 4 is 5.84 Å². The molecule has 1 rings (SSSR count). The van der Waals surface area contributed by atoms with E-state index in [4.69, 9.17) is 15.7 Å². The molecular weight excluding hydrogens is 265 g/mol. The van der Waals surface area contributed by atoms with Crippen LogP contribution in [0, 0.1) is 13.8 Å². The van der Waals surface area contributed by atoms with Gasteiger partial charge in [0.1, 0.15) is 0 Å². The molecule has 0 saturated heterocycles. The van der Waals surface area contributed by atoms with Gasteiger partial charge in [-0.2, -0.15) is 18.3 Å². The van der Waals surface area contributed by atoms with Gasteiger partial charge < -0.3 is 15.7 Å². The number of aryl methyl sites for hydroxylation is 1. The lowest BCUT2D eigenvalue weighted by Gasteiger charge is -2.13. The first-order chi connectivity index (χ1) is 8.76. The molecule has 106 valence electrons. The lowest BCUT2D eigenvalue weighted by molar-refractivity contribution is -0.139. The molecule has 6 nitrogen and oxygen atoms in total. The van der Waals surface area contributed by atoms with Crippen LogP contribution in [-0.2, 0) is 0 Å². The summed E-state index contributed by atoms with van der Waals surface area (Å²) in [5.74, 6) is -0.486. The smallest absolute Gasteiger partial charge is 0.392 e. The van der Waals surface area contributed by atoms with Crippen LogP contribution < -0.4 is 10.5 Å². The Morgan fingerprint density at radius 3 is 2.53 bits per heavy atom. The average molecular weight is 278 g/mol. The summed E-state index contributed by atoms with van der Waals surface area (Å²) >= 11 is 0. The number of nitrogens with zero attached hydrogens (tertiary/aromatic N) is 3. The highest BCUT2D eigenvalue weighted by Crippen LogP contribution is 2.23. The minimum absolute atomic E-state index is 0.136. The van der Waals surface area contributed by atoms with Crippen molar-refractivity contribution in [2.45, 2.75) is 26.4 Å². The molecule has 1 aromatic heterocycles. The van der Waals surface area contributed by atoms with Gasteiger partial charge in [-0.25, -0.2) is 0 Å². The topological polar surface area (TPSA) is 93.6 Å². The van der Waals surface area contributed by atoms with Crippen LogP contribution in [0.2, 0.25) is 0 Å². The van der Waals surface area contributed by atoms with Gasteiger partial charge in [-0.15, -0.1) is 5.10 Å². The number of amidine groups is 1. The molecule has 0 aromatic carbocycles. The number of nitrogens with two attached hydrogens (primary N) is 1. The molecule has 3 N–H and O–H groups in total. The van der Waals surface area contributed by atoms with Crippen molar-refractivity contribution in [3.05, 3.63) is 16.8 Å². The van der Waals surface area contributed by atoms with Crippen LogP contribution in [0.3, 0.4) is 0 Å². The maximum Gasteiger partial charge on any atom is 0.392 e. The molecule has 0 aliphatic heterocycles. The van der Waals surface area contributed by atoms with Gasteiger partial charge in [0.05, 0.1) is 24.3 Å². The van der Waals surface area contributed by atoms with E-state index in [1.54, 1.807) is 13.8 Å². The molecule has 0 fully saturated rings. The van der Waals surface area contributed by atoms with Gasteiger partial charge in [0.25, 0.3) is 0 Å². The maximum absolute atomic E-state index is 12.0. The summed E-state index contributed by atoms with van der Waals surface area (Å²) in [6.07, 6.45) is -5.46. The fourth-order valence-electron chi connectivity index (χ4n) is 1.30. The SMILES string of the molecule is Cc1nnc(OCCC(F)(F)F)c(C(N)=NO)c1C. The summed E-state index contributed by atoms with van der Waals surface area (Å²) in [6, 6.07) is 0. The quantitative estimate of drug-likeness (QED) is 0.377. The molecule has 0 aliphatic carbocycles. The van der Waals surface area contributed by atoms with Crippen molar-refractivity contribution in [1.29, 1.82) is 0 Å². The number of halogens is 3. The largest absolute Gasteiger partial charge is 0.476 e. The highest BCUT2D eigenvalue weighted by atomic mass is 19.4. The number of rotatable bonds is 4. The van der Waals surface area contributed by atoms with Crippen LogP contribution >= 0.6 is 0 Å². The van der Waals surface area contributed by atoms with Crippen molar-refractivity contribution in [3.8, 4) is 5.88 Å². The summed E-state index contributed by atoms with van der Waals surface area (Å²) in [5.41, 5.74) is 6.61. The van der Waals surface area contributed by atoms with Crippen LogP contribution in [-0.4, -0.2) is 34.0 Å². The second-order valence-electron chi connectivity index (χ2n) is 3.79. The lowest BCUT2D eigenvalue weighted by atomic mass is 10.1. The minimum Gasteiger partial charge on any atom is -0.476 e. The Morgan fingerprint density at radius 1 is 1.37 bits per heavy atom. The van der Waals surface area contributed by atoms with E-state index in [2.05, 4.69) is 15.4 Å². The van der Waals surface area contributed by atoms with Crippen LogP contribution in [0.4, 0.5) is 13.2 Å². The van der Waals surface area contributed by atoms with Crippen LogP contribution in [0.25, 0.3) is 0 Å². The summed E-state index contributed by atoms with van der Waals surface area (Å²) in [7, 11) is 0. The Bertz CT molecular complexity index is 488. The Labute approximate surface area is 107 Å². The molecule has 0 atom stereocenters. The van der Waals surface area contributed by atoms with E-state index in [0.717, 1.165) is 0 Å². The molecule has 1 aromatic rings. The Kier molecular flexibility index (Phi) is 4.52. The van der Waals surface area contributed by atoms with Crippen molar-refractivity contribution in [2.24, 2.45) is 10.9 Å². The molecule has 0 spiro atoms. The first-order valence-corrected chi connectivity index (χ1v) is 5.27. The monoisotopic (exact) mass is 278 g/mol. The maximum atomic E-state index is 12.0. The van der Waals surface area contributed by atoms with Gasteiger partial charge in [-0.05, 0) is 19.4 Å². The van der Waals surface area contributed by atoms with E-state index < -0.39 is 19.2 Å². The van der Waals surface area contributed by atoms with Gasteiger partial charge in [0, 0.05) is 0 Å². The van der Waals surface area contributed by atoms with Crippen LogP contribution in [0.15, 0.2) is 5.16 Å². The van der Waals surface area contributed by atoms with Crippen molar-refractivity contribution < 1.29 is 23.1 Å². The lowest BCUT2D eigenvalue weighted by Crippen LogP contribution is -2.20. The minimum atomic E-state index is -4.33. The van der Waals surface area contributed by atoms with Gasteiger partial charge in [-0.3, -0.25) is 0 Å². The highest BCUT2D eigenvalue weighted by Gasteiger charge is 2.27. The number of hydrogen-bond acceptors (Lipinski definition) is 5. The van der Waals surface area contributed by atoms with E-state index in [1.165, 1.54) is 0 Å².